The summed E-state index contributed by atoms with van der Waals surface area (Å²) in [5, 5.41) is 0.732. The summed E-state index contributed by atoms with van der Waals surface area (Å²) in [5.41, 5.74) is 3.16. The maximum absolute atomic E-state index is 13.2. The third-order valence-electron chi connectivity index (χ3n) is 5.46. The summed E-state index contributed by atoms with van der Waals surface area (Å²) < 4.78 is 0. The van der Waals surface area contributed by atoms with E-state index in [-0.39, 0.29) is 11.9 Å². The highest BCUT2D eigenvalue weighted by Gasteiger charge is 2.32. The predicted molar refractivity (Wildman–Crippen MR) is 108 cm³/mol. The van der Waals surface area contributed by atoms with Crippen molar-refractivity contribution in [3.05, 3.63) is 53.6 Å². The van der Waals surface area contributed by atoms with E-state index in [0.29, 0.717) is 6.54 Å². The molecule has 4 nitrogen and oxygen atoms in total. The van der Waals surface area contributed by atoms with Crippen molar-refractivity contribution in [3.8, 4) is 0 Å². The number of benzene rings is 2. The van der Waals surface area contributed by atoms with Crippen molar-refractivity contribution < 1.29 is 4.79 Å². The molecule has 2 aliphatic rings. The maximum Gasteiger partial charge on any atom is 0.244 e. The summed E-state index contributed by atoms with van der Waals surface area (Å²) in [6.07, 6.45) is 2.39. The molecule has 2 aromatic carbocycles. The Labute approximate surface area is 160 Å². The molecule has 4 rings (SSSR count). The number of nitrogens with zero attached hydrogens (tertiary/aromatic N) is 3. The van der Waals surface area contributed by atoms with E-state index in [1.54, 1.807) is 0 Å². The van der Waals surface area contributed by atoms with E-state index < -0.39 is 0 Å². The second-order valence-corrected chi connectivity index (χ2v) is 7.46. The van der Waals surface area contributed by atoms with Gasteiger partial charge >= 0.3 is 0 Å². The van der Waals surface area contributed by atoms with Gasteiger partial charge in [0.2, 0.25) is 5.91 Å². The quantitative estimate of drug-likeness (QED) is 0.806. The highest BCUT2D eigenvalue weighted by molar-refractivity contribution is 6.30. The van der Waals surface area contributed by atoms with Crippen molar-refractivity contribution in [2.24, 2.45) is 0 Å². The highest BCUT2D eigenvalue weighted by Crippen LogP contribution is 2.38. The van der Waals surface area contributed by atoms with Crippen LogP contribution in [0.3, 0.4) is 0 Å². The number of amides is 1. The zero-order valence-electron chi connectivity index (χ0n) is 15.1. The van der Waals surface area contributed by atoms with Gasteiger partial charge in [-0.3, -0.25) is 9.69 Å². The number of para-hydroxylation sites is 2. The number of carbonyl (C=O) groups excluding carboxylic acids is 1. The van der Waals surface area contributed by atoms with Gasteiger partial charge in [0.25, 0.3) is 0 Å². The van der Waals surface area contributed by atoms with Crippen molar-refractivity contribution in [3.63, 3.8) is 0 Å². The Morgan fingerprint density at radius 1 is 0.923 bits per heavy atom. The van der Waals surface area contributed by atoms with Crippen molar-refractivity contribution in [2.45, 2.75) is 25.8 Å². The van der Waals surface area contributed by atoms with Gasteiger partial charge in [0.05, 0.1) is 17.4 Å². The number of likely N-dealkylation sites (tertiary alicyclic amines) is 1. The Kier molecular flexibility index (Phi) is 4.88. The first-order valence-electron chi connectivity index (χ1n) is 9.33. The molecule has 0 aliphatic carbocycles. The van der Waals surface area contributed by atoms with Crippen LogP contribution in [0.5, 0.6) is 0 Å². The SMILES string of the molecule is CC(C(=O)N1CCN(c2ccc(Cl)cc2)c2ccccc21)N1CCCC1. The van der Waals surface area contributed by atoms with Crippen molar-refractivity contribution in [2.75, 3.05) is 36.0 Å². The van der Waals surface area contributed by atoms with Crippen LogP contribution < -0.4 is 9.80 Å². The first-order valence-corrected chi connectivity index (χ1v) is 9.70. The molecule has 1 amide bonds. The number of hydrogen-bond acceptors (Lipinski definition) is 3. The minimum Gasteiger partial charge on any atom is -0.338 e. The second-order valence-electron chi connectivity index (χ2n) is 7.03. The lowest BCUT2D eigenvalue weighted by Gasteiger charge is -2.39. The van der Waals surface area contributed by atoms with Crippen LogP contribution >= 0.6 is 11.6 Å². The van der Waals surface area contributed by atoms with Crippen LogP contribution in [0.1, 0.15) is 19.8 Å². The Hall–Kier alpha value is -2.04. The fourth-order valence-electron chi connectivity index (χ4n) is 3.99. The minimum atomic E-state index is -0.0624. The molecule has 1 atom stereocenters. The van der Waals surface area contributed by atoms with E-state index in [9.17, 15) is 4.79 Å². The van der Waals surface area contributed by atoms with E-state index in [1.807, 2.05) is 54.3 Å². The summed E-state index contributed by atoms with van der Waals surface area (Å²) in [5.74, 6) is 0.204. The minimum absolute atomic E-state index is 0.0624. The number of anilines is 3. The molecule has 1 unspecified atom stereocenters. The Morgan fingerprint density at radius 2 is 1.58 bits per heavy atom. The normalized spacial score (nSPS) is 18.7. The topological polar surface area (TPSA) is 26.8 Å². The van der Waals surface area contributed by atoms with Gasteiger partial charge < -0.3 is 9.80 Å². The average Bonchev–Trinajstić information content (AvgIpc) is 3.21. The number of rotatable bonds is 3. The van der Waals surface area contributed by atoms with E-state index >= 15 is 0 Å². The van der Waals surface area contributed by atoms with Gasteiger partial charge in [-0.05, 0) is 69.3 Å². The third-order valence-corrected chi connectivity index (χ3v) is 5.71. The predicted octanol–water partition coefficient (Wildman–Crippen LogP) is 4.31. The number of halogens is 1. The Morgan fingerprint density at radius 3 is 2.27 bits per heavy atom. The zero-order valence-corrected chi connectivity index (χ0v) is 15.8. The molecule has 0 N–H and O–H groups in total. The lowest BCUT2D eigenvalue weighted by Crippen LogP contribution is -2.50. The van der Waals surface area contributed by atoms with Gasteiger partial charge in [-0.1, -0.05) is 23.7 Å². The fraction of sp³-hybridized carbons (Fsp3) is 0.381. The van der Waals surface area contributed by atoms with Crippen LogP contribution in [0.25, 0.3) is 0 Å². The second kappa shape index (κ2) is 7.29. The van der Waals surface area contributed by atoms with Gasteiger partial charge in [-0.15, -0.1) is 0 Å². The molecule has 2 aliphatic heterocycles. The lowest BCUT2D eigenvalue weighted by molar-refractivity contribution is -0.122. The van der Waals surface area contributed by atoms with Crippen LogP contribution in [0.2, 0.25) is 5.02 Å². The molecule has 5 heteroatoms. The first-order chi connectivity index (χ1) is 12.6. The molecule has 2 aromatic rings. The summed E-state index contributed by atoms with van der Waals surface area (Å²) in [7, 11) is 0. The van der Waals surface area contributed by atoms with Crippen molar-refractivity contribution in [1.29, 1.82) is 0 Å². The van der Waals surface area contributed by atoms with Gasteiger partial charge in [-0.2, -0.15) is 0 Å². The van der Waals surface area contributed by atoms with Crippen LogP contribution in [-0.2, 0) is 4.79 Å². The molecular weight excluding hydrogens is 346 g/mol. The van der Waals surface area contributed by atoms with E-state index in [4.69, 9.17) is 11.6 Å². The molecule has 1 fully saturated rings. The molecule has 0 aromatic heterocycles. The molecule has 1 saturated heterocycles. The summed E-state index contributed by atoms with van der Waals surface area (Å²) >= 11 is 6.04. The van der Waals surface area contributed by atoms with Crippen LogP contribution in [0.4, 0.5) is 17.1 Å². The zero-order chi connectivity index (χ0) is 18.1. The van der Waals surface area contributed by atoms with Gasteiger partial charge in [0.1, 0.15) is 0 Å². The van der Waals surface area contributed by atoms with E-state index in [1.165, 1.54) is 12.8 Å². The lowest BCUT2D eigenvalue weighted by atomic mass is 10.1. The van der Waals surface area contributed by atoms with Crippen molar-refractivity contribution >= 4 is 34.6 Å². The van der Waals surface area contributed by atoms with Gasteiger partial charge in [0, 0.05) is 23.8 Å². The summed E-state index contributed by atoms with van der Waals surface area (Å²) in [4.78, 5) is 19.7. The number of carbonyl (C=O) groups is 1. The maximum atomic E-state index is 13.2. The monoisotopic (exact) mass is 369 g/mol. The Bertz CT molecular complexity index is 786. The fourth-order valence-corrected chi connectivity index (χ4v) is 4.12. The van der Waals surface area contributed by atoms with E-state index in [2.05, 4.69) is 15.9 Å². The molecule has 2 heterocycles. The van der Waals surface area contributed by atoms with E-state index in [0.717, 1.165) is 41.7 Å². The molecule has 0 saturated carbocycles. The number of fused-ring (bicyclic) bond motifs is 1. The molecule has 0 spiro atoms. The number of hydrogen-bond donors (Lipinski definition) is 0. The Balaban J connectivity index is 1.63. The molecule has 26 heavy (non-hydrogen) atoms. The van der Waals surface area contributed by atoms with Gasteiger partial charge in [0.15, 0.2) is 0 Å². The standard InChI is InChI=1S/C21H24ClN3O/c1-16(23-12-4-5-13-23)21(26)25-15-14-24(18-10-8-17(22)9-11-18)19-6-2-3-7-20(19)25/h2-3,6-11,16H,4-5,12-15H2,1H3. The third kappa shape index (κ3) is 3.19. The molecule has 136 valence electrons. The van der Waals surface area contributed by atoms with Crippen LogP contribution in [-0.4, -0.2) is 43.0 Å². The summed E-state index contributed by atoms with van der Waals surface area (Å²) in [6, 6.07) is 16.0. The molecular formula is C21H24ClN3O. The van der Waals surface area contributed by atoms with Gasteiger partial charge in [-0.25, -0.2) is 0 Å². The highest BCUT2D eigenvalue weighted by atomic mass is 35.5. The average molecular weight is 370 g/mol. The summed E-state index contributed by atoms with van der Waals surface area (Å²) in [6.45, 7) is 5.56. The van der Waals surface area contributed by atoms with Crippen LogP contribution in [0, 0.1) is 0 Å². The molecule has 0 bridgehead atoms. The molecule has 0 radical (unpaired) electrons. The van der Waals surface area contributed by atoms with Crippen molar-refractivity contribution in [1.82, 2.24) is 4.90 Å². The van der Waals surface area contributed by atoms with Crippen LogP contribution in [0.15, 0.2) is 48.5 Å². The smallest absolute Gasteiger partial charge is 0.244 e. The first kappa shape index (κ1) is 17.4. The largest absolute Gasteiger partial charge is 0.338 e.